The number of rotatable bonds is 10. The van der Waals surface area contributed by atoms with Gasteiger partial charge < -0.3 is 14.8 Å². The zero-order valence-electron chi connectivity index (χ0n) is 20.2. The second-order valence-corrected chi connectivity index (χ2v) is 8.62. The van der Waals surface area contributed by atoms with Gasteiger partial charge in [0, 0.05) is 23.9 Å². The first-order valence-electron chi connectivity index (χ1n) is 11.6. The fourth-order valence-corrected chi connectivity index (χ4v) is 3.80. The average molecular weight is 447 g/mol. The molecule has 33 heavy (non-hydrogen) atoms. The van der Waals surface area contributed by atoms with Crippen molar-refractivity contribution >= 4 is 11.6 Å². The van der Waals surface area contributed by atoms with Crippen LogP contribution in [0.15, 0.2) is 60.7 Å². The Kier molecular flexibility index (Phi) is 8.61. The Balaban J connectivity index is 1.66. The molecule has 0 spiro atoms. The molecular formula is C28H34N2O3. The van der Waals surface area contributed by atoms with Gasteiger partial charge >= 0.3 is 0 Å². The Labute approximate surface area is 197 Å². The minimum Gasteiger partial charge on any atom is -0.457 e. The molecule has 174 valence electrons. The smallest absolute Gasteiger partial charge is 0.257 e. The Hall–Kier alpha value is -3.18. The Bertz CT molecular complexity index is 1080. The zero-order valence-corrected chi connectivity index (χ0v) is 20.2. The topological polar surface area (TPSA) is 60.5 Å². The largest absolute Gasteiger partial charge is 0.457 e. The molecule has 0 aliphatic heterocycles. The molecule has 0 bridgehead atoms. The highest BCUT2D eigenvalue weighted by Gasteiger charge is 2.14. The summed E-state index contributed by atoms with van der Waals surface area (Å²) in [6.45, 7) is 10.1. The van der Waals surface area contributed by atoms with Crippen LogP contribution >= 0.6 is 0 Å². The van der Waals surface area contributed by atoms with Crippen LogP contribution in [0.2, 0.25) is 0 Å². The van der Waals surface area contributed by atoms with Gasteiger partial charge in [-0.2, -0.15) is 0 Å². The Morgan fingerprint density at radius 3 is 2.42 bits per heavy atom. The third kappa shape index (κ3) is 7.43. The predicted octanol–water partition coefficient (Wildman–Crippen LogP) is 6.74. The molecule has 1 unspecified atom stereocenters. The number of aryl methyl sites for hydroxylation is 2. The van der Waals surface area contributed by atoms with Crippen LogP contribution in [0.1, 0.15) is 61.4 Å². The van der Waals surface area contributed by atoms with Crippen molar-refractivity contribution in [2.24, 2.45) is 0 Å². The number of hydrogen-bond donors (Lipinski definition) is 1. The molecule has 1 atom stereocenters. The molecule has 1 amide bonds. The highest BCUT2D eigenvalue weighted by molar-refractivity contribution is 6.05. The molecule has 5 nitrogen and oxygen atoms in total. The highest BCUT2D eigenvalue weighted by Crippen LogP contribution is 2.25. The molecule has 2 aromatic carbocycles. The number of ether oxygens (including phenoxy) is 2. The van der Waals surface area contributed by atoms with Crippen LogP contribution in [0.3, 0.4) is 0 Å². The van der Waals surface area contributed by atoms with Crippen LogP contribution in [0.4, 0.5) is 5.69 Å². The lowest BCUT2D eigenvalue weighted by molar-refractivity contribution is 0.0190. The number of carbonyl (C=O) groups excluding carboxylic acids is 1. The number of aromatic nitrogens is 1. The van der Waals surface area contributed by atoms with Gasteiger partial charge in [-0.25, -0.2) is 0 Å². The van der Waals surface area contributed by atoms with Gasteiger partial charge in [0.2, 0.25) is 0 Å². The van der Waals surface area contributed by atoms with E-state index in [0.717, 1.165) is 24.3 Å². The van der Waals surface area contributed by atoms with Gasteiger partial charge in [-0.15, -0.1) is 0 Å². The molecule has 5 heteroatoms. The van der Waals surface area contributed by atoms with Crippen LogP contribution in [0.5, 0.6) is 11.5 Å². The summed E-state index contributed by atoms with van der Waals surface area (Å²) in [6.07, 6.45) is 3.06. The molecule has 1 N–H and O–H groups in total. The minimum absolute atomic E-state index is 0.0713. The molecule has 0 aliphatic rings. The van der Waals surface area contributed by atoms with Crippen LogP contribution in [0, 0.1) is 6.92 Å². The fraction of sp³-hybridized carbons (Fsp3) is 0.357. The van der Waals surface area contributed by atoms with Crippen molar-refractivity contribution in [2.45, 2.75) is 66.1 Å². The molecule has 0 saturated carbocycles. The van der Waals surface area contributed by atoms with Gasteiger partial charge in [0.15, 0.2) is 0 Å². The third-order valence-corrected chi connectivity index (χ3v) is 5.15. The van der Waals surface area contributed by atoms with Gasteiger partial charge in [0.1, 0.15) is 11.5 Å². The van der Waals surface area contributed by atoms with E-state index in [9.17, 15) is 4.79 Å². The zero-order chi connectivity index (χ0) is 23.8. The van der Waals surface area contributed by atoms with E-state index in [1.54, 1.807) is 0 Å². The van der Waals surface area contributed by atoms with E-state index in [-0.39, 0.29) is 18.1 Å². The first-order chi connectivity index (χ1) is 15.8. The molecule has 0 radical (unpaired) electrons. The van der Waals surface area contributed by atoms with E-state index in [1.165, 1.54) is 5.56 Å². The third-order valence-electron chi connectivity index (χ3n) is 5.15. The van der Waals surface area contributed by atoms with Gasteiger partial charge in [-0.3, -0.25) is 9.78 Å². The maximum absolute atomic E-state index is 12.9. The van der Waals surface area contributed by atoms with Gasteiger partial charge in [-0.05, 0) is 76.1 Å². The molecule has 1 aromatic heterocycles. The summed E-state index contributed by atoms with van der Waals surface area (Å²) >= 11 is 0. The maximum Gasteiger partial charge on any atom is 0.257 e. The van der Waals surface area contributed by atoms with Crippen molar-refractivity contribution in [2.75, 3.05) is 5.32 Å². The molecule has 0 fully saturated rings. The SMILES string of the molecule is CCCc1cccc(Oc2cccc(NC(=O)c3ccc(CC(C)OC(C)C)nc3C)c2)c1. The predicted molar refractivity (Wildman–Crippen MR) is 133 cm³/mol. The number of hydrogen-bond acceptors (Lipinski definition) is 4. The number of nitrogens with zero attached hydrogens (tertiary/aromatic N) is 1. The number of amides is 1. The van der Waals surface area contributed by atoms with Crippen molar-refractivity contribution < 1.29 is 14.3 Å². The van der Waals surface area contributed by atoms with E-state index < -0.39 is 0 Å². The van der Waals surface area contributed by atoms with Crippen molar-refractivity contribution in [3.05, 3.63) is 83.2 Å². The summed E-state index contributed by atoms with van der Waals surface area (Å²) in [5.41, 5.74) is 4.08. The maximum atomic E-state index is 12.9. The summed E-state index contributed by atoms with van der Waals surface area (Å²) in [7, 11) is 0. The van der Waals surface area contributed by atoms with Crippen molar-refractivity contribution in [3.8, 4) is 11.5 Å². The lowest BCUT2D eigenvalue weighted by atomic mass is 10.1. The Morgan fingerprint density at radius 1 is 1.00 bits per heavy atom. The summed E-state index contributed by atoms with van der Waals surface area (Å²) in [5.74, 6) is 1.27. The quantitative estimate of drug-likeness (QED) is 0.374. The van der Waals surface area contributed by atoms with Crippen LogP contribution in [-0.2, 0) is 17.6 Å². The normalized spacial score (nSPS) is 11.9. The second-order valence-electron chi connectivity index (χ2n) is 8.62. The molecule has 0 saturated heterocycles. The van der Waals surface area contributed by atoms with E-state index in [4.69, 9.17) is 9.47 Å². The molecule has 3 rings (SSSR count). The lowest BCUT2D eigenvalue weighted by Crippen LogP contribution is -2.18. The summed E-state index contributed by atoms with van der Waals surface area (Å²) < 4.78 is 11.8. The van der Waals surface area contributed by atoms with Crippen molar-refractivity contribution in [3.63, 3.8) is 0 Å². The van der Waals surface area contributed by atoms with Gasteiger partial charge in [0.05, 0.1) is 23.5 Å². The summed E-state index contributed by atoms with van der Waals surface area (Å²) in [6, 6.07) is 19.2. The van der Waals surface area contributed by atoms with Crippen molar-refractivity contribution in [1.29, 1.82) is 0 Å². The number of pyridine rings is 1. The monoisotopic (exact) mass is 446 g/mol. The first-order valence-corrected chi connectivity index (χ1v) is 11.6. The molecule has 0 aliphatic carbocycles. The van der Waals surface area contributed by atoms with Gasteiger partial charge in [-0.1, -0.05) is 31.5 Å². The van der Waals surface area contributed by atoms with E-state index in [2.05, 4.69) is 29.4 Å². The van der Waals surface area contributed by atoms with E-state index >= 15 is 0 Å². The van der Waals surface area contributed by atoms with E-state index in [1.807, 2.05) is 76.2 Å². The average Bonchev–Trinajstić information content (AvgIpc) is 2.74. The molecular weight excluding hydrogens is 412 g/mol. The van der Waals surface area contributed by atoms with Gasteiger partial charge in [0.25, 0.3) is 5.91 Å². The molecule has 3 aromatic rings. The lowest BCUT2D eigenvalue weighted by Gasteiger charge is -2.16. The fourth-order valence-electron chi connectivity index (χ4n) is 3.80. The minimum atomic E-state index is -0.194. The van der Waals surface area contributed by atoms with E-state index in [0.29, 0.717) is 29.1 Å². The van der Waals surface area contributed by atoms with Crippen LogP contribution in [-0.4, -0.2) is 23.1 Å². The molecule has 1 heterocycles. The first kappa shape index (κ1) is 24.5. The van der Waals surface area contributed by atoms with Crippen molar-refractivity contribution in [1.82, 2.24) is 4.98 Å². The van der Waals surface area contributed by atoms with Crippen LogP contribution < -0.4 is 10.1 Å². The number of benzene rings is 2. The summed E-state index contributed by atoms with van der Waals surface area (Å²) in [5, 5.41) is 2.96. The standard InChI is InChI=1S/C28H34N2O3/c1-6-9-22-10-7-12-25(17-22)33-26-13-8-11-23(18-26)30-28(31)27-15-14-24(29-21(27)5)16-20(4)32-19(2)3/h7-8,10-15,17-20H,6,9,16H2,1-5H3,(H,30,31). The highest BCUT2D eigenvalue weighted by atomic mass is 16.5. The van der Waals surface area contributed by atoms with Crippen LogP contribution in [0.25, 0.3) is 0 Å². The summed E-state index contributed by atoms with van der Waals surface area (Å²) in [4.78, 5) is 17.5. The number of nitrogens with one attached hydrogen (secondary N) is 1. The number of carbonyl (C=O) groups is 1. The second kappa shape index (κ2) is 11.6. The Morgan fingerprint density at radius 2 is 1.73 bits per heavy atom. The number of anilines is 1.